The highest BCUT2D eigenvalue weighted by Gasteiger charge is 2.28. The third-order valence-corrected chi connectivity index (χ3v) is 4.24. The van der Waals surface area contributed by atoms with E-state index in [4.69, 9.17) is 0 Å². The van der Waals surface area contributed by atoms with Crippen LogP contribution in [-0.4, -0.2) is 18.2 Å². The lowest BCUT2D eigenvalue weighted by atomic mass is 9.98. The summed E-state index contributed by atoms with van der Waals surface area (Å²) in [6.45, 7) is 0. The predicted octanol–water partition coefficient (Wildman–Crippen LogP) is 3.23. The van der Waals surface area contributed by atoms with E-state index in [1.54, 1.807) is 0 Å². The van der Waals surface area contributed by atoms with Crippen molar-refractivity contribution in [2.24, 2.45) is 0 Å². The predicted molar refractivity (Wildman–Crippen MR) is 61.2 cm³/mol. The molecule has 0 spiro atoms. The van der Waals surface area contributed by atoms with Gasteiger partial charge in [-0.15, -0.1) is 11.3 Å². The minimum Gasteiger partial charge on any atom is -0.312 e. The molecule has 0 amide bonds. The number of fused-ring (bicyclic) bond motifs is 1. The van der Waals surface area contributed by atoms with Gasteiger partial charge in [-0.1, -0.05) is 0 Å². The number of alkyl halides is 3. The summed E-state index contributed by atoms with van der Waals surface area (Å²) in [7, 11) is 1.88. The number of thiazole rings is 1. The molecule has 1 N–H and O–H groups in total. The van der Waals surface area contributed by atoms with E-state index in [2.05, 4.69) is 10.3 Å². The lowest BCUT2D eigenvalue weighted by molar-refractivity contribution is -0.134. The van der Waals surface area contributed by atoms with Gasteiger partial charge >= 0.3 is 6.18 Å². The molecule has 0 saturated heterocycles. The van der Waals surface area contributed by atoms with Gasteiger partial charge in [0.05, 0.1) is 10.7 Å². The normalized spacial score (nSPS) is 20.4. The van der Waals surface area contributed by atoms with Gasteiger partial charge in [-0.05, 0) is 26.3 Å². The highest BCUT2D eigenvalue weighted by molar-refractivity contribution is 7.11. The average molecular weight is 264 g/mol. The van der Waals surface area contributed by atoms with Gasteiger partial charge in [-0.25, -0.2) is 4.98 Å². The molecule has 2 rings (SSSR count). The van der Waals surface area contributed by atoms with E-state index in [9.17, 15) is 13.2 Å². The maximum atomic E-state index is 12.1. The van der Waals surface area contributed by atoms with Crippen LogP contribution in [-0.2, 0) is 12.8 Å². The Kier molecular flexibility index (Phi) is 3.73. The molecule has 1 atom stereocenters. The van der Waals surface area contributed by atoms with E-state index >= 15 is 0 Å². The molecule has 0 fully saturated rings. The van der Waals surface area contributed by atoms with E-state index in [1.807, 2.05) is 7.05 Å². The van der Waals surface area contributed by atoms with E-state index in [-0.39, 0.29) is 12.5 Å². The Labute approximate surface area is 102 Å². The fraction of sp³-hybridized carbons (Fsp3) is 0.727. The maximum absolute atomic E-state index is 12.1. The van der Waals surface area contributed by atoms with Crippen molar-refractivity contribution in [3.05, 3.63) is 15.6 Å². The van der Waals surface area contributed by atoms with Crippen LogP contribution in [0.25, 0.3) is 0 Å². The van der Waals surface area contributed by atoms with Gasteiger partial charge in [-0.2, -0.15) is 13.2 Å². The summed E-state index contributed by atoms with van der Waals surface area (Å²) in [5.41, 5.74) is 0.998. The van der Waals surface area contributed by atoms with Crippen LogP contribution in [0.2, 0.25) is 0 Å². The van der Waals surface area contributed by atoms with Crippen LogP contribution < -0.4 is 5.32 Å². The first-order valence-corrected chi connectivity index (χ1v) is 6.54. The standard InChI is InChI=1S/C11H15F3N2S/c1-15-7-3-2-4-8-10(7)17-9(16-8)5-6-11(12,13)14/h7,15H,2-6H2,1H3. The SMILES string of the molecule is CNC1CCCc2nc(CCC(F)(F)F)sc21. The van der Waals surface area contributed by atoms with Crippen molar-refractivity contribution in [1.82, 2.24) is 10.3 Å². The number of aryl methyl sites for hydroxylation is 2. The number of halogens is 3. The smallest absolute Gasteiger partial charge is 0.312 e. The third-order valence-electron chi connectivity index (χ3n) is 2.97. The fourth-order valence-electron chi connectivity index (χ4n) is 2.10. The summed E-state index contributed by atoms with van der Waals surface area (Å²) in [5, 5.41) is 3.81. The molecule has 1 aliphatic rings. The molecule has 1 aromatic heterocycles. The molecule has 17 heavy (non-hydrogen) atoms. The Balaban J connectivity index is 2.08. The molecule has 0 bridgehead atoms. The molecular formula is C11H15F3N2S. The van der Waals surface area contributed by atoms with Crippen molar-refractivity contribution in [3.8, 4) is 0 Å². The molecule has 1 aromatic rings. The number of nitrogens with one attached hydrogen (secondary N) is 1. The highest BCUT2D eigenvalue weighted by Crippen LogP contribution is 2.35. The van der Waals surface area contributed by atoms with Gasteiger partial charge in [0.2, 0.25) is 0 Å². The zero-order valence-electron chi connectivity index (χ0n) is 9.60. The molecule has 96 valence electrons. The van der Waals surface area contributed by atoms with Gasteiger partial charge in [0.25, 0.3) is 0 Å². The van der Waals surface area contributed by atoms with Crippen molar-refractivity contribution in [1.29, 1.82) is 0 Å². The number of hydrogen-bond donors (Lipinski definition) is 1. The van der Waals surface area contributed by atoms with Crippen LogP contribution in [0.4, 0.5) is 13.2 Å². The van der Waals surface area contributed by atoms with E-state index < -0.39 is 12.6 Å². The zero-order valence-corrected chi connectivity index (χ0v) is 10.4. The second-order valence-electron chi connectivity index (χ2n) is 4.27. The van der Waals surface area contributed by atoms with Gasteiger partial charge in [0, 0.05) is 23.8 Å². The summed E-state index contributed by atoms with van der Waals surface area (Å²) >= 11 is 1.44. The van der Waals surface area contributed by atoms with Gasteiger partial charge in [0.15, 0.2) is 0 Å². The maximum Gasteiger partial charge on any atom is 0.389 e. The van der Waals surface area contributed by atoms with Crippen LogP contribution in [0, 0.1) is 0 Å². The monoisotopic (exact) mass is 264 g/mol. The van der Waals surface area contributed by atoms with Crippen LogP contribution in [0.5, 0.6) is 0 Å². The molecule has 0 aliphatic heterocycles. The van der Waals surface area contributed by atoms with E-state index in [1.165, 1.54) is 11.3 Å². The van der Waals surface area contributed by atoms with Crippen LogP contribution in [0.1, 0.15) is 40.9 Å². The summed E-state index contributed by atoms with van der Waals surface area (Å²) in [4.78, 5) is 5.47. The minimum absolute atomic E-state index is 0.0115. The van der Waals surface area contributed by atoms with Crippen molar-refractivity contribution >= 4 is 11.3 Å². The molecule has 0 saturated carbocycles. The quantitative estimate of drug-likeness (QED) is 0.906. The van der Waals surface area contributed by atoms with Gasteiger partial charge in [0.1, 0.15) is 0 Å². The summed E-state index contributed by atoms with van der Waals surface area (Å²) < 4.78 is 36.4. The molecule has 0 aromatic carbocycles. The van der Waals surface area contributed by atoms with Crippen LogP contribution in [0.15, 0.2) is 0 Å². The summed E-state index contributed by atoms with van der Waals surface area (Å²) in [6.07, 6.45) is -1.85. The lowest BCUT2D eigenvalue weighted by Gasteiger charge is -2.20. The lowest BCUT2D eigenvalue weighted by Crippen LogP contribution is -2.19. The molecule has 1 heterocycles. The van der Waals surface area contributed by atoms with Crippen LogP contribution in [0.3, 0.4) is 0 Å². The minimum atomic E-state index is -4.09. The first-order valence-electron chi connectivity index (χ1n) is 5.72. The average Bonchev–Trinajstić information content (AvgIpc) is 2.67. The Hall–Kier alpha value is -0.620. The number of rotatable bonds is 3. The van der Waals surface area contributed by atoms with Crippen molar-refractivity contribution in [3.63, 3.8) is 0 Å². The second kappa shape index (κ2) is 4.94. The van der Waals surface area contributed by atoms with E-state index in [0.717, 1.165) is 29.8 Å². The second-order valence-corrected chi connectivity index (χ2v) is 5.38. The third kappa shape index (κ3) is 3.19. The topological polar surface area (TPSA) is 24.9 Å². The van der Waals surface area contributed by atoms with Crippen molar-refractivity contribution in [2.75, 3.05) is 7.05 Å². The summed E-state index contributed by atoms with van der Waals surface area (Å²) in [5.74, 6) is 0. The number of nitrogens with zero attached hydrogens (tertiary/aromatic N) is 1. The largest absolute Gasteiger partial charge is 0.389 e. The van der Waals surface area contributed by atoms with Crippen molar-refractivity contribution < 1.29 is 13.2 Å². The van der Waals surface area contributed by atoms with Gasteiger partial charge in [-0.3, -0.25) is 0 Å². The molecule has 0 radical (unpaired) electrons. The fourth-order valence-corrected chi connectivity index (χ4v) is 3.36. The Morgan fingerprint density at radius 3 is 2.88 bits per heavy atom. The summed E-state index contributed by atoms with van der Waals surface area (Å²) in [6, 6.07) is 0.274. The Morgan fingerprint density at radius 2 is 2.24 bits per heavy atom. The zero-order chi connectivity index (χ0) is 12.5. The molecule has 1 unspecified atom stereocenters. The molecule has 2 nitrogen and oxygen atoms in total. The molecule has 1 aliphatic carbocycles. The Bertz CT molecular complexity index is 387. The highest BCUT2D eigenvalue weighted by atomic mass is 32.1. The number of aromatic nitrogens is 1. The molecule has 6 heteroatoms. The van der Waals surface area contributed by atoms with Crippen LogP contribution >= 0.6 is 11.3 Å². The number of hydrogen-bond acceptors (Lipinski definition) is 3. The molecular weight excluding hydrogens is 249 g/mol. The van der Waals surface area contributed by atoms with Crippen molar-refractivity contribution in [2.45, 2.75) is 44.3 Å². The Morgan fingerprint density at radius 1 is 1.47 bits per heavy atom. The van der Waals surface area contributed by atoms with E-state index in [0.29, 0.717) is 5.01 Å². The van der Waals surface area contributed by atoms with Gasteiger partial charge < -0.3 is 5.32 Å². The first-order chi connectivity index (χ1) is 7.99. The first kappa shape index (κ1) is 12.8.